The van der Waals surface area contributed by atoms with Crippen molar-refractivity contribution in [2.24, 2.45) is 0 Å². The number of hydrogen-bond donors (Lipinski definition) is 0. The van der Waals surface area contributed by atoms with Crippen molar-refractivity contribution in [3.63, 3.8) is 0 Å². The van der Waals surface area contributed by atoms with Crippen LogP contribution in [0.25, 0.3) is 0 Å². The van der Waals surface area contributed by atoms with Gasteiger partial charge in [0, 0.05) is 33.4 Å². The highest BCUT2D eigenvalue weighted by atomic mass is 16.5. The van der Waals surface area contributed by atoms with Gasteiger partial charge < -0.3 is 14.5 Å². The third-order valence-electron chi connectivity index (χ3n) is 4.78. The number of carbonyl (C=O) groups is 1. The number of carbonyl (C=O) groups excluding carboxylic acids is 1. The first-order chi connectivity index (χ1) is 10.8. The summed E-state index contributed by atoms with van der Waals surface area (Å²) in [5, 5.41) is 0. The molecule has 0 radical (unpaired) electrons. The molecule has 5 nitrogen and oxygen atoms in total. The van der Waals surface area contributed by atoms with E-state index in [0.29, 0.717) is 5.56 Å². The lowest BCUT2D eigenvalue weighted by molar-refractivity contribution is -0.148. The van der Waals surface area contributed by atoms with Crippen molar-refractivity contribution < 1.29 is 9.53 Å². The number of ether oxygens (including phenoxy) is 1. The van der Waals surface area contributed by atoms with Crippen molar-refractivity contribution in [3.8, 4) is 0 Å². The van der Waals surface area contributed by atoms with E-state index in [9.17, 15) is 4.79 Å². The van der Waals surface area contributed by atoms with E-state index in [0.717, 1.165) is 31.7 Å². The summed E-state index contributed by atoms with van der Waals surface area (Å²) in [4.78, 5) is 20.4. The topological polar surface area (TPSA) is 45.7 Å². The number of pyridine rings is 1. The first-order valence-corrected chi connectivity index (χ1v) is 8.43. The summed E-state index contributed by atoms with van der Waals surface area (Å²) < 4.78 is 6.44. The van der Waals surface area contributed by atoms with E-state index >= 15 is 0 Å². The van der Waals surface area contributed by atoms with Gasteiger partial charge in [-0.05, 0) is 38.8 Å². The van der Waals surface area contributed by atoms with Crippen LogP contribution in [0.2, 0.25) is 0 Å². The zero-order chi connectivity index (χ0) is 16.7. The molecule has 2 fully saturated rings. The zero-order valence-corrected chi connectivity index (χ0v) is 14.6. The molecule has 2 heterocycles. The van der Waals surface area contributed by atoms with Crippen LogP contribution in [0, 0.1) is 0 Å². The lowest BCUT2D eigenvalue weighted by atomic mass is 9.94. The third kappa shape index (κ3) is 3.34. The Morgan fingerprint density at radius 3 is 2.48 bits per heavy atom. The third-order valence-corrected chi connectivity index (χ3v) is 4.78. The van der Waals surface area contributed by atoms with Gasteiger partial charge in [-0.3, -0.25) is 4.79 Å². The number of hydrogen-bond acceptors (Lipinski definition) is 4. The Labute approximate surface area is 138 Å². The molecular weight excluding hydrogens is 290 g/mol. The Morgan fingerprint density at radius 1 is 1.22 bits per heavy atom. The fourth-order valence-electron chi connectivity index (χ4n) is 3.91. The van der Waals surface area contributed by atoms with Gasteiger partial charge >= 0.3 is 0 Å². The van der Waals surface area contributed by atoms with Crippen LogP contribution < -0.4 is 4.90 Å². The smallest absolute Gasteiger partial charge is 0.254 e. The van der Waals surface area contributed by atoms with Gasteiger partial charge in [-0.1, -0.05) is 12.8 Å². The number of rotatable bonds is 2. The Hall–Kier alpha value is -1.62. The van der Waals surface area contributed by atoms with Crippen molar-refractivity contribution in [2.45, 2.75) is 50.7 Å². The minimum atomic E-state index is -0.178. The molecule has 1 saturated carbocycles. The highest BCUT2D eigenvalue weighted by molar-refractivity contribution is 5.93. The van der Waals surface area contributed by atoms with Gasteiger partial charge in [0.2, 0.25) is 0 Å². The van der Waals surface area contributed by atoms with Crippen LogP contribution in [0.4, 0.5) is 5.82 Å². The maximum absolute atomic E-state index is 12.0. The monoisotopic (exact) mass is 317 g/mol. The van der Waals surface area contributed by atoms with Gasteiger partial charge in [-0.2, -0.15) is 0 Å². The second-order valence-electron chi connectivity index (χ2n) is 7.71. The normalized spacial score (nSPS) is 22.3. The molecule has 23 heavy (non-hydrogen) atoms. The number of morpholine rings is 1. The molecule has 0 aromatic carbocycles. The van der Waals surface area contributed by atoms with Crippen molar-refractivity contribution in [1.29, 1.82) is 0 Å². The molecule has 1 amide bonds. The van der Waals surface area contributed by atoms with Gasteiger partial charge in [0.15, 0.2) is 0 Å². The lowest BCUT2D eigenvalue weighted by Crippen LogP contribution is -2.59. The lowest BCUT2D eigenvalue weighted by Gasteiger charge is -2.49. The Kier molecular flexibility index (Phi) is 4.08. The number of anilines is 1. The van der Waals surface area contributed by atoms with Gasteiger partial charge in [0.05, 0.1) is 16.8 Å². The fourth-order valence-corrected chi connectivity index (χ4v) is 3.91. The summed E-state index contributed by atoms with van der Waals surface area (Å²) in [5.74, 6) is 0.918. The summed E-state index contributed by atoms with van der Waals surface area (Å²) in [6, 6.07) is 3.83. The summed E-state index contributed by atoms with van der Waals surface area (Å²) in [6.45, 7) is 6.03. The molecule has 1 aromatic rings. The molecule has 0 N–H and O–H groups in total. The predicted octanol–water partition coefficient (Wildman–Crippen LogP) is 2.71. The first kappa shape index (κ1) is 16.2. The summed E-state index contributed by atoms with van der Waals surface area (Å²) in [5.41, 5.74) is 0.422. The SMILES string of the molecule is CN(C)C(=O)c1ccc(N2CC(C)(C)OC3(CCCC3)C2)nc1. The quantitative estimate of drug-likeness (QED) is 0.841. The maximum Gasteiger partial charge on any atom is 0.254 e. The van der Waals surface area contributed by atoms with Gasteiger partial charge in [-0.15, -0.1) is 0 Å². The van der Waals surface area contributed by atoms with E-state index in [1.165, 1.54) is 12.8 Å². The van der Waals surface area contributed by atoms with Crippen LogP contribution in [0.3, 0.4) is 0 Å². The highest BCUT2D eigenvalue weighted by Gasteiger charge is 2.46. The Bertz CT molecular complexity index is 574. The van der Waals surface area contributed by atoms with Crippen LogP contribution in [0.15, 0.2) is 18.3 Å². The first-order valence-electron chi connectivity index (χ1n) is 8.43. The number of amides is 1. The second-order valence-corrected chi connectivity index (χ2v) is 7.71. The molecule has 1 aromatic heterocycles. The number of nitrogens with zero attached hydrogens (tertiary/aromatic N) is 3. The molecular formula is C18H27N3O2. The molecule has 1 aliphatic carbocycles. The summed E-state index contributed by atoms with van der Waals surface area (Å²) in [6.07, 6.45) is 6.43. The number of aromatic nitrogens is 1. The standard InChI is InChI=1S/C18H27N3O2/c1-17(2)12-21(13-18(23-17)9-5-6-10-18)15-8-7-14(11-19-15)16(22)20(3)4/h7-8,11H,5-6,9-10,12-13H2,1-4H3. The second kappa shape index (κ2) is 5.78. The molecule has 3 rings (SSSR count). The molecule has 1 spiro atoms. The van der Waals surface area contributed by atoms with Crippen LogP contribution in [0.5, 0.6) is 0 Å². The van der Waals surface area contributed by atoms with Crippen LogP contribution >= 0.6 is 0 Å². The van der Waals surface area contributed by atoms with Crippen LogP contribution in [-0.2, 0) is 4.74 Å². The van der Waals surface area contributed by atoms with Crippen molar-refractivity contribution in [1.82, 2.24) is 9.88 Å². The molecule has 5 heteroatoms. The largest absolute Gasteiger partial charge is 0.365 e. The average molecular weight is 317 g/mol. The van der Waals surface area contributed by atoms with E-state index in [1.54, 1.807) is 25.2 Å². The summed E-state index contributed by atoms with van der Waals surface area (Å²) >= 11 is 0. The molecule has 1 saturated heterocycles. The molecule has 0 unspecified atom stereocenters. The van der Waals surface area contributed by atoms with Crippen LogP contribution in [0.1, 0.15) is 49.9 Å². The van der Waals surface area contributed by atoms with E-state index in [4.69, 9.17) is 4.74 Å². The van der Waals surface area contributed by atoms with E-state index in [1.807, 2.05) is 12.1 Å². The van der Waals surface area contributed by atoms with Gasteiger partial charge in [0.25, 0.3) is 5.91 Å². The van der Waals surface area contributed by atoms with E-state index < -0.39 is 0 Å². The van der Waals surface area contributed by atoms with Gasteiger partial charge in [0.1, 0.15) is 5.82 Å². The molecule has 2 aliphatic rings. The molecule has 1 aliphatic heterocycles. The Morgan fingerprint density at radius 2 is 1.91 bits per heavy atom. The van der Waals surface area contributed by atoms with Gasteiger partial charge in [-0.25, -0.2) is 4.98 Å². The average Bonchev–Trinajstić information content (AvgIpc) is 2.92. The van der Waals surface area contributed by atoms with E-state index in [2.05, 4.69) is 23.7 Å². The van der Waals surface area contributed by atoms with E-state index in [-0.39, 0.29) is 17.1 Å². The fraction of sp³-hybridized carbons (Fsp3) is 0.667. The Balaban J connectivity index is 1.81. The maximum atomic E-state index is 12.0. The molecule has 126 valence electrons. The molecule has 0 bridgehead atoms. The minimum absolute atomic E-state index is 0.0152. The van der Waals surface area contributed by atoms with Crippen molar-refractivity contribution >= 4 is 11.7 Å². The van der Waals surface area contributed by atoms with Crippen LogP contribution in [-0.4, -0.2) is 54.2 Å². The van der Waals surface area contributed by atoms with Crippen molar-refractivity contribution in [3.05, 3.63) is 23.9 Å². The zero-order valence-electron chi connectivity index (χ0n) is 14.6. The highest BCUT2D eigenvalue weighted by Crippen LogP contribution is 2.41. The minimum Gasteiger partial charge on any atom is -0.365 e. The molecule has 0 atom stereocenters. The summed E-state index contributed by atoms with van der Waals surface area (Å²) in [7, 11) is 3.51. The predicted molar refractivity (Wildman–Crippen MR) is 90.8 cm³/mol. The van der Waals surface area contributed by atoms with Crippen molar-refractivity contribution in [2.75, 3.05) is 32.1 Å².